The molecule has 0 amide bonds. The van der Waals surface area contributed by atoms with E-state index in [0.717, 1.165) is 22.3 Å². The normalized spacial score (nSPS) is 11.1. The Bertz CT molecular complexity index is 1170. The third-order valence-corrected chi connectivity index (χ3v) is 4.52. The summed E-state index contributed by atoms with van der Waals surface area (Å²) in [5, 5.41) is 4.89. The van der Waals surface area contributed by atoms with Crippen molar-refractivity contribution in [1.82, 2.24) is 14.4 Å². The highest BCUT2D eigenvalue weighted by Crippen LogP contribution is 2.24. The number of imidazole rings is 1. The van der Waals surface area contributed by atoms with Crippen LogP contribution < -0.4 is 5.32 Å². The predicted octanol–water partition coefficient (Wildman–Crippen LogP) is 4.24. The van der Waals surface area contributed by atoms with Gasteiger partial charge in [-0.15, -0.1) is 0 Å². The molecule has 0 aliphatic heterocycles. The van der Waals surface area contributed by atoms with Gasteiger partial charge in [0.15, 0.2) is 0 Å². The summed E-state index contributed by atoms with van der Waals surface area (Å²) < 4.78 is 6.72. The Morgan fingerprint density at radius 1 is 1.22 bits per heavy atom. The van der Waals surface area contributed by atoms with Crippen LogP contribution in [0.4, 0.5) is 5.95 Å². The van der Waals surface area contributed by atoms with Gasteiger partial charge in [0.25, 0.3) is 0 Å². The standard InChI is InChI=1S/C20H17ClN4O2/c1-12-11-25-18(23-12)16-7-6-14(19(26)27-2)9-17(16)24-20(25)22-10-13-4-3-5-15(21)8-13/h3-9,11H,10H2,1-2H3,(H,22,24). The SMILES string of the molecule is COC(=O)c1ccc2c(c1)nc(NCc1cccc(Cl)c1)n1cc(C)nc21. The average molecular weight is 381 g/mol. The molecule has 0 atom stereocenters. The number of anilines is 1. The summed E-state index contributed by atoms with van der Waals surface area (Å²) in [6.45, 7) is 2.49. The molecule has 6 nitrogen and oxygen atoms in total. The van der Waals surface area contributed by atoms with Gasteiger partial charge < -0.3 is 10.1 Å². The molecular weight excluding hydrogens is 364 g/mol. The number of carbonyl (C=O) groups is 1. The second-order valence-electron chi connectivity index (χ2n) is 6.22. The lowest BCUT2D eigenvalue weighted by atomic mass is 10.1. The second-order valence-corrected chi connectivity index (χ2v) is 6.65. The number of benzene rings is 2. The number of aromatic nitrogens is 3. The third-order valence-electron chi connectivity index (χ3n) is 4.28. The molecule has 0 bridgehead atoms. The lowest BCUT2D eigenvalue weighted by Crippen LogP contribution is -2.07. The summed E-state index contributed by atoms with van der Waals surface area (Å²) in [6, 6.07) is 12.9. The smallest absolute Gasteiger partial charge is 0.337 e. The highest BCUT2D eigenvalue weighted by Gasteiger charge is 2.13. The van der Waals surface area contributed by atoms with Gasteiger partial charge in [-0.3, -0.25) is 4.40 Å². The molecule has 7 heteroatoms. The first kappa shape index (κ1) is 17.3. The maximum atomic E-state index is 11.9. The molecule has 2 aromatic heterocycles. The quantitative estimate of drug-likeness (QED) is 0.536. The van der Waals surface area contributed by atoms with Crippen LogP contribution in [-0.2, 0) is 11.3 Å². The number of hydrogen-bond donors (Lipinski definition) is 1. The monoisotopic (exact) mass is 380 g/mol. The first-order valence-electron chi connectivity index (χ1n) is 8.41. The fraction of sp³-hybridized carbons (Fsp3) is 0.150. The van der Waals surface area contributed by atoms with Crippen LogP contribution in [0.1, 0.15) is 21.6 Å². The van der Waals surface area contributed by atoms with Gasteiger partial charge in [-0.1, -0.05) is 23.7 Å². The van der Waals surface area contributed by atoms with Crippen LogP contribution in [0, 0.1) is 6.92 Å². The molecule has 0 radical (unpaired) electrons. The van der Waals surface area contributed by atoms with Crippen molar-refractivity contribution in [3.05, 3.63) is 70.5 Å². The highest BCUT2D eigenvalue weighted by atomic mass is 35.5. The Kier molecular flexibility index (Phi) is 4.41. The highest BCUT2D eigenvalue weighted by molar-refractivity contribution is 6.30. The van der Waals surface area contributed by atoms with E-state index in [1.165, 1.54) is 7.11 Å². The number of aryl methyl sites for hydroxylation is 1. The Morgan fingerprint density at radius 2 is 2.07 bits per heavy atom. The van der Waals surface area contributed by atoms with Gasteiger partial charge in [0, 0.05) is 23.2 Å². The predicted molar refractivity (Wildman–Crippen MR) is 105 cm³/mol. The number of ether oxygens (including phenoxy) is 1. The van der Waals surface area contributed by atoms with E-state index in [1.54, 1.807) is 12.1 Å². The fourth-order valence-electron chi connectivity index (χ4n) is 3.03. The maximum absolute atomic E-state index is 11.9. The van der Waals surface area contributed by atoms with Crippen LogP contribution in [0.2, 0.25) is 5.02 Å². The van der Waals surface area contributed by atoms with E-state index in [9.17, 15) is 4.79 Å². The summed E-state index contributed by atoms with van der Waals surface area (Å²) in [5.74, 6) is 0.242. The Hall–Kier alpha value is -3.12. The van der Waals surface area contributed by atoms with Gasteiger partial charge in [-0.25, -0.2) is 14.8 Å². The number of carbonyl (C=O) groups excluding carboxylic acids is 1. The average Bonchev–Trinajstić information content (AvgIpc) is 3.06. The lowest BCUT2D eigenvalue weighted by Gasteiger charge is -2.11. The summed E-state index contributed by atoms with van der Waals surface area (Å²) in [4.78, 5) is 21.2. The molecule has 4 aromatic rings. The summed E-state index contributed by atoms with van der Waals surface area (Å²) in [6.07, 6.45) is 1.93. The van der Waals surface area contributed by atoms with Gasteiger partial charge in [0.1, 0.15) is 5.65 Å². The molecule has 2 heterocycles. The van der Waals surface area contributed by atoms with Crippen LogP contribution in [0.25, 0.3) is 16.6 Å². The second kappa shape index (κ2) is 6.89. The molecule has 0 spiro atoms. The third kappa shape index (κ3) is 3.31. The van der Waals surface area contributed by atoms with Gasteiger partial charge in [0.05, 0.1) is 23.9 Å². The largest absolute Gasteiger partial charge is 0.465 e. The van der Waals surface area contributed by atoms with Gasteiger partial charge in [-0.2, -0.15) is 0 Å². The van der Waals surface area contributed by atoms with Crippen LogP contribution in [-0.4, -0.2) is 27.4 Å². The zero-order chi connectivity index (χ0) is 19.0. The summed E-state index contributed by atoms with van der Waals surface area (Å²) in [7, 11) is 1.36. The topological polar surface area (TPSA) is 68.5 Å². The number of hydrogen-bond acceptors (Lipinski definition) is 5. The number of methoxy groups -OCH3 is 1. The van der Waals surface area contributed by atoms with E-state index in [-0.39, 0.29) is 0 Å². The van der Waals surface area contributed by atoms with Crippen molar-refractivity contribution in [2.45, 2.75) is 13.5 Å². The number of nitrogens with zero attached hydrogens (tertiary/aromatic N) is 3. The molecular formula is C20H17ClN4O2. The zero-order valence-electron chi connectivity index (χ0n) is 14.9. The molecule has 0 saturated heterocycles. The van der Waals surface area contributed by atoms with E-state index in [2.05, 4.69) is 10.3 Å². The van der Waals surface area contributed by atoms with Crippen molar-refractivity contribution in [3.8, 4) is 0 Å². The number of halogens is 1. The van der Waals surface area contributed by atoms with Crippen LogP contribution in [0.5, 0.6) is 0 Å². The lowest BCUT2D eigenvalue weighted by molar-refractivity contribution is 0.0601. The van der Waals surface area contributed by atoms with E-state index in [4.69, 9.17) is 21.3 Å². The number of fused-ring (bicyclic) bond motifs is 3. The summed E-state index contributed by atoms with van der Waals surface area (Å²) in [5.41, 5.74) is 3.82. The molecule has 136 valence electrons. The molecule has 1 N–H and O–H groups in total. The minimum atomic E-state index is -0.397. The molecule has 0 aliphatic rings. The van der Waals surface area contributed by atoms with Crippen molar-refractivity contribution in [2.75, 3.05) is 12.4 Å². The number of rotatable bonds is 4. The Labute approximate surface area is 160 Å². The van der Waals surface area contributed by atoms with Crippen molar-refractivity contribution in [3.63, 3.8) is 0 Å². The van der Waals surface area contributed by atoms with Crippen LogP contribution >= 0.6 is 11.6 Å². The molecule has 0 fully saturated rings. The van der Waals surface area contributed by atoms with Gasteiger partial charge in [-0.05, 0) is 42.8 Å². The summed E-state index contributed by atoms with van der Waals surface area (Å²) >= 11 is 6.06. The van der Waals surface area contributed by atoms with Crippen LogP contribution in [0.3, 0.4) is 0 Å². The molecule has 0 unspecified atom stereocenters. The van der Waals surface area contributed by atoms with Crippen molar-refractivity contribution in [2.24, 2.45) is 0 Å². The van der Waals surface area contributed by atoms with E-state index in [1.807, 2.05) is 47.9 Å². The molecule has 4 rings (SSSR count). The molecule has 2 aromatic carbocycles. The maximum Gasteiger partial charge on any atom is 0.337 e. The van der Waals surface area contributed by atoms with Crippen molar-refractivity contribution >= 4 is 40.1 Å². The number of esters is 1. The Morgan fingerprint density at radius 3 is 2.85 bits per heavy atom. The fourth-order valence-corrected chi connectivity index (χ4v) is 3.24. The number of nitrogens with one attached hydrogen (secondary N) is 1. The first-order chi connectivity index (χ1) is 13.0. The van der Waals surface area contributed by atoms with E-state index >= 15 is 0 Å². The molecule has 0 aliphatic carbocycles. The minimum absolute atomic E-state index is 0.397. The van der Waals surface area contributed by atoms with Crippen molar-refractivity contribution in [1.29, 1.82) is 0 Å². The van der Waals surface area contributed by atoms with Gasteiger partial charge >= 0.3 is 5.97 Å². The van der Waals surface area contributed by atoms with Crippen LogP contribution in [0.15, 0.2) is 48.7 Å². The van der Waals surface area contributed by atoms with Crippen molar-refractivity contribution < 1.29 is 9.53 Å². The molecule has 0 saturated carbocycles. The van der Waals surface area contributed by atoms with E-state index < -0.39 is 5.97 Å². The Balaban J connectivity index is 1.80. The first-order valence-corrected chi connectivity index (χ1v) is 8.79. The zero-order valence-corrected chi connectivity index (χ0v) is 15.6. The van der Waals surface area contributed by atoms with Gasteiger partial charge in [0.2, 0.25) is 5.95 Å². The van der Waals surface area contributed by atoms with E-state index in [0.29, 0.717) is 28.6 Å². The minimum Gasteiger partial charge on any atom is -0.465 e. The molecule has 27 heavy (non-hydrogen) atoms.